The van der Waals surface area contributed by atoms with Crippen molar-refractivity contribution in [2.24, 2.45) is 0 Å². The monoisotopic (exact) mass is 327 g/mol. The molecule has 1 heterocycles. The molecule has 0 fully saturated rings. The Bertz CT molecular complexity index is 576. The third-order valence-electron chi connectivity index (χ3n) is 3.15. The van der Waals surface area contributed by atoms with Gasteiger partial charge in [-0.15, -0.1) is 0 Å². The first-order valence-electron chi connectivity index (χ1n) is 6.88. The van der Waals surface area contributed by atoms with Crippen LogP contribution in [0.2, 0.25) is 10.0 Å². The van der Waals surface area contributed by atoms with Gasteiger partial charge in [0.1, 0.15) is 5.60 Å². The summed E-state index contributed by atoms with van der Waals surface area (Å²) in [6.45, 7) is 6.79. The van der Waals surface area contributed by atoms with Gasteiger partial charge in [-0.1, -0.05) is 35.3 Å². The van der Waals surface area contributed by atoms with Crippen LogP contribution in [0, 0.1) is 0 Å². The number of amides is 1. The van der Waals surface area contributed by atoms with Gasteiger partial charge in [-0.2, -0.15) is 0 Å². The minimum Gasteiger partial charge on any atom is -0.444 e. The summed E-state index contributed by atoms with van der Waals surface area (Å²) in [5, 5.41) is 1.09. The molecule has 1 aromatic carbocycles. The zero-order valence-electron chi connectivity index (χ0n) is 12.5. The maximum atomic E-state index is 12.0. The van der Waals surface area contributed by atoms with Crippen LogP contribution in [-0.2, 0) is 4.74 Å². The van der Waals surface area contributed by atoms with Gasteiger partial charge in [0, 0.05) is 13.1 Å². The Hall–Kier alpha value is -1.19. The van der Waals surface area contributed by atoms with Crippen molar-refractivity contribution in [2.75, 3.05) is 13.1 Å². The van der Waals surface area contributed by atoms with Crippen LogP contribution >= 0.6 is 23.2 Å². The minimum absolute atomic E-state index is 0.271. The molecule has 0 bridgehead atoms. The summed E-state index contributed by atoms with van der Waals surface area (Å²) in [6, 6.07) is 5.60. The Morgan fingerprint density at radius 2 is 1.95 bits per heavy atom. The van der Waals surface area contributed by atoms with Gasteiger partial charge in [-0.05, 0) is 50.5 Å². The molecular formula is C16H19Cl2NO2. The van der Waals surface area contributed by atoms with Gasteiger partial charge in [0.2, 0.25) is 0 Å². The number of halogens is 2. The molecule has 3 nitrogen and oxygen atoms in total. The van der Waals surface area contributed by atoms with E-state index in [0.717, 1.165) is 12.0 Å². The Morgan fingerprint density at radius 1 is 1.24 bits per heavy atom. The van der Waals surface area contributed by atoms with Crippen molar-refractivity contribution >= 4 is 34.9 Å². The van der Waals surface area contributed by atoms with Crippen LogP contribution in [-0.4, -0.2) is 29.7 Å². The lowest BCUT2D eigenvalue weighted by molar-refractivity contribution is 0.0270. The van der Waals surface area contributed by atoms with Gasteiger partial charge in [-0.3, -0.25) is 0 Å². The van der Waals surface area contributed by atoms with Gasteiger partial charge < -0.3 is 9.64 Å². The summed E-state index contributed by atoms with van der Waals surface area (Å²) in [6.07, 6.45) is 2.54. The SMILES string of the molecule is CC(C)(C)OC(=O)N1CC=C(c2ccc(Cl)c(Cl)c2)CC1. The average molecular weight is 328 g/mol. The lowest BCUT2D eigenvalue weighted by Gasteiger charge is -2.29. The fourth-order valence-electron chi connectivity index (χ4n) is 2.12. The van der Waals surface area contributed by atoms with Crippen LogP contribution < -0.4 is 0 Å². The van der Waals surface area contributed by atoms with Gasteiger partial charge in [0.05, 0.1) is 10.0 Å². The van der Waals surface area contributed by atoms with Crippen LogP contribution in [0.4, 0.5) is 4.79 Å². The van der Waals surface area contributed by atoms with E-state index in [1.807, 2.05) is 39.0 Å². The lowest BCUT2D eigenvalue weighted by Crippen LogP contribution is -2.39. The summed E-state index contributed by atoms with van der Waals surface area (Å²) in [7, 11) is 0. The highest BCUT2D eigenvalue weighted by atomic mass is 35.5. The van der Waals surface area contributed by atoms with E-state index in [2.05, 4.69) is 0 Å². The number of hydrogen-bond acceptors (Lipinski definition) is 2. The molecule has 21 heavy (non-hydrogen) atoms. The minimum atomic E-state index is -0.467. The second-order valence-corrected chi connectivity index (χ2v) is 6.85. The number of benzene rings is 1. The second kappa shape index (κ2) is 6.29. The fourth-order valence-corrected chi connectivity index (χ4v) is 2.42. The number of nitrogens with zero attached hydrogens (tertiary/aromatic N) is 1. The fraction of sp³-hybridized carbons (Fsp3) is 0.438. The molecule has 0 unspecified atom stereocenters. The summed E-state index contributed by atoms with van der Waals surface area (Å²) >= 11 is 12.0. The number of rotatable bonds is 1. The summed E-state index contributed by atoms with van der Waals surface area (Å²) in [5.74, 6) is 0. The van der Waals surface area contributed by atoms with Crippen molar-refractivity contribution in [3.8, 4) is 0 Å². The smallest absolute Gasteiger partial charge is 0.410 e. The van der Waals surface area contributed by atoms with Crippen molar-refractivity contribution in [2.45, 2.75) is 32.8 Å². The van der Waals surface area contributed by atoms with Crippen molar-refractivity contribution in [3.05, 3.63) is 39.9 Å². The largest absolute Gasteiger partial charge is 0.444 e. The third kappa shape index (κ3) is 4.39. The quantitative estimate of drug-likeness (QED) is 0.724. The maximum Gasteiger partial charge on any atom is 0.410 e. The van der Waals surface area contributed by atoms with Crippen LogP contribution in [0.5, 0.6) is 0 Å². The van der Waals surface area contributed by atoms with Gasteiger partial charge >= 0.3 is 6.09 Å². The molecule has 0 aromatic heterocycles. The molecule has 1 aromatic rings. The molecule has 0 N–H and O–H groups in total. The Labute approximate surface area is 135 Å². The molecule has 0 saturated carbocycles. The standard InChI is InChI=1S/C16H19Cl2NO2/c1-16(2,3)21-15(20)19-8-6-11(7-9-19)12-4-5-13(17)14(18)10-12/h4-6,10H,7-9H2,1-3H3. The summed E-state index contributed by atoms with van der Waals surface area (Å²) < 4.78 is 5.37. The van der Waals surface area contributed by atoms with Gasteiger partial charge in [-0.25, -0.2) is 4.79 Å². The highest BCUT2D eigenvalue weighted by Gasteiger charge is 2.23. The molecule has 114 valence electrons. The van der Waals surface area contributed by atoms with E-state index < -0.39 is 5.60 Å². The molecule has 0 aliphatic carbocycles. The van der Waals surface area contributed by atoms with E-state index in [4.69, 9.17) is 27.9 Å². The molecule has 1 amide bonds. The number of carbonyl (C=O) groups excluding carboxylic acids is 1. The maximum absolute atomic E-state index is 12.0. The predicted octanol–water partition coefficient (Wildman–Crippen LogP) is 5.02. The molecule has 0 atom stereocenters. The van der Waals surface area contributed by atoms with E-state index in [1.165, 1.54) is 5.57 Å². The zero-order valence-corrected chi connectivity index (χ0v) is 14.0. The summed E-state index contributed by atoms with van der Waals surface area (Å²) in [4.78, 5) is 13.7. The van der Waals surface area contributed by atoms with Crippen LogP contribution in [0.3, 0.4) is 0 Å². The van der Waals surface area contributed by atoms with Crippen molar-refractivity contribution in [1.29, 1.82) is 0 Å². The number of carbonyl (C=O) groups is 1. The molecule has 1 aliphatic rings. The Morgan fingerprint density at radius 3 is 2.48 bits per heavy atom. The molecule has 1 aliphatic heterocycles. The van der Waals surface area contributed by atoms with Crippen LogP contribution in [0.25, 0.3) is 5.57 Å². The third-order valence-corrected chi connectivity index (χ3v) is 3.89. The first-order valence-corrected chi connectivity index (χ1v) is 7.64. The Balaban J connectivity index is 2.05. The van der Waals surface area contributed by atoms with Crippen molar-refractivity contribution in [1.82, 2.24) is 4.90 Å². The molecular weight excluding hydrogens is 309 g/mol. The summed E-state index contributed by atoms with van der Waals surface area (Å²) in [5.41, 5.74) is 1.76. The van der Waals surface area contributed by atoms with Crippen molar-refractivity contribution in [3.63, 3.8) is 0 Å². The second-order valence-electron chi connectivity index (χ2n) is 6.03. The van der Waals surface area contributed by atoms with Crippen LogP contribution in [0.1, 0.15) is 32.8 Å². The first-order chi connectivity index (χ1) is 9.76. The van der Waals surface area contributed by atoms with E-state index in [-0.39, 0.29) is 6.09 Å². The van der Waals surface area contributed by atoms with E-state index >= 15 is 0 Å². The number of ether oxygens (including phenoxy) is 1. The van der Waals surface area contributed by atoms with E-state index in [9.17, 15) is 4.79 Å². The van der Waals surface area contributed by atoms with Crippen molar-refractivity contribution < 1.29 is 9.53 Å². The molecule has 0 radical (unpaired) electrons. The average Bonchev–Trinajstić information content (AvgIpc) is 2.40. The number of hydrogen-bond donors (Lipinski definition) is 0. The molecule has 0 spiro atoms. The molecule has 2 rings (SSSR count). The van der Waals surface area contributed by atoms with Crippen LogP contribution in [0.15, 0.2) is 24.3 Å². The van der Waals surface area contributed by atoms with Gasteiger partial charge in [0.25, 0.3) is 0 Å². The molecule has 0 saturated heterocycles. The Kier molecular flexibility index (Phi) is 4.84. The highest BCUT2D eigenvalue weighted by Crippen LogP contribution is 2.29. The van der Waals surface area contributed by atoms with E-state index in [1.54, 1.807) is 11.0 Å². The molecule has 5 heteroatoms. The topological polar surface area (TPSA) is 29.5 Å². The normalized spacial score (nSPS) is 15.7. The first kappa shape index (κ1) is 16.2. The van der Waals surface area contributed by atoms with E-state index in [0.29, 0.717) is 23.1 Å². The lowest BCUT2D eigenvalue weighted by atomic mass is 10.00. The zero-order chi connectivity index (χ0) is 15.6. The highest BCUT2D eigenvalue weighted by molar-refractivity contribution is 6.42. The predicted molar refractivity (Wildman–Crippen MR) is 86.9 cm³/mol. The van der Waals surface area contributed by atoms with Gasteiger partial charge in [0.15, 0.2) is 0 Å².